The average molecular weight is 271 g/mol. The van der Waals surface area contributed by atoms with Crippen molar-refractivity contribution < 1.29 is 0 Å². The molecular formula is C17H25N3. The molecule has 20 heavy (non-hydrogen) atoms. The molecule has 3 heteroatoms. The van der Waals surface area contributed by atoms with E-state index in [1.54, 1.807) is 0 Å². The van der Waals surface area contributed by atoms with E-state index >= 15 is 0 Å². The van der Waals surface area contributed by atoms with Crippen LogP contribution in [0.25, 0.3) is 0 Å². The molecule has 0 spiro atoms. The highest BCUT2D eigenvalue weighted by Crippen LogP contribution is 2.37. The van der Waals surface area contributed by atoms with Gasteiger partial charge in [-0.3, -0.25) is 4.90 Å². The summed E-state index contributed by atoms with van der Waals surface area (Å²) >= 11 is 0. The van der Waals surface area contributed by atoms with Gasteiger partial charge in [-0.15, -0.1) is 0 Å². The van der Waals surface area contributed by atoms with Gasteiger partial charge in [0.1, 0.15) is 0 Å². The minimum Gasteiger partial charge on any atom is -0.399 e. The number of benzene rings is 1. The minimum absolute atomic E-state index is 0.647. The van der Waals surface area contributed by atoms with Crippen LogP contribution < -0.4 is 5.73 Å². The van der Waals surface area contributed by atoms with Crippen molar-refractivity contribution >= 4 is 5.69 Å². The smallest absolute Gasteiger partial charge is 0.0355 e. The van der Waals surface area contributed by atoms with E-state index < -0.39 is 0 Å². The van der Waals surface area contributed by atoms with Crippen molar-refractivity contribution in [3.8, 4) is 0 Å². The third-order valence-corrected chi connectivity index (χ3v) is 5.27. The molecule has 2 aliphatic carbocycles. The minimum atomic E-state index is 0.647. The van der Waals surface area contributed by atoms with Gasteiger partial charge in [-0.25, -0.2) is 0 Å². The molecule has 0 aromatic heterocycles. The lowest BCUT2D eigenvalue weighted by Crippen LogP contribution is -2.47. The molecule has 0 amide bonds. The zero-order valence-electron chi connectivity index (χ0n) is 12.2. The summed E-state index contributed by atoms with van der Waals surface area (Å²) in [5.74, 6) is 1.02. The number of hydrogen-bond donors (Lipinski definition) is 1. The molecule has 1 atom stereocenters. The molecule has 1 saturated heterocycles. The number of hydrogen-bond acceptors (Lipinski definition) is 3. The summed E-state index contributed by atoms with van der Waals surface area (Å²) in [7, 11) is 0. The van der Waals surface area contributed by atoms with Crippen molar-refractivity contribution in [2.45, 2.75) is 31.7 Å². The molecule has 3 aliphatic rings. The second kappa shape index (κ2) is 5.05. The molecule has 1 aliphatic heterocycles. The fourth-order valence-electron chi connectivity index (χ4n) is 3.92. The number of fused-ring (bicyclic) bond motifs is 1. The standard InChI is InChI=1S/C17H25N3/c18-15-4-5-16-14(11-15)3-6-17(16)20-9-7-19(8-10-20)12-13-1-2-13/h4-5,11,13,17H,1-3,6-10,12,18H2. The first-order valence-electron chi connectivity index (χ1n) is 8.14. The largest absolute Gasteiger partial charge is 0.399 e. The molecule has 2 fully saturated rings. The van der Waals surface area contributed by atoms with Gasteiger partial charge in [-0.05, 0) is 54.9 Å². The van der Waals surface area contributed by atoms with Crippen molar-refractivity contribution in [1.29, 1.82) is 0 Å². The molecule has 1 saturated carbocycles. The van der Waals surface area contributed by atoms with Gasteiger partial charge >= 0.3 is 0 Å². The van der Waals surface area contributed by atoms with E-state index in [2.05, 4.69) is 28.0 Å². The SMILES string of the molecule is Nc1ccc2c(c1)CCC2N1CCN(CC2CC2)CC1. The average Bonchev–Trinajstić information content (AvgIpc) is 3.17. The van der Waals surface area contributed by atoms with Crippen LogP contribution in [0, 0.1) is 5.92 Å². The number of nitrogen functional groups attached to an aromatic ring is 1. The molecular weight excluding hydrogens is 246 g/mol. The summed E-state index contributed by atoms with van der Waals surface area (Å²) in [5, 5.41) is 0. The molecule has 1 unspecified atom stereocenters. The molecule has 4 rings (SSSR count). The normalized spacial score (nSPS) is 27.7. The van der Waals surface area contributed by atoms with Gasteiger partial charge in [0.2, 0.25) is 0 Å². The zero-order chi connectivity index (χ0) is 13.5. The van der Waals surface area contributed by atoms with Crippen LogP contribution in [0.1, 0.15) is 36.4 Å². The summed E-state index contributed by atoms with van der Waals surface area (Å²) in [4.78, 5) is 5.37. The predicted molar refractivity (Wildman–Crippen MR) is 82.7 cm³/mol. The van der Waals surface area contributed by atoms with Crippen LogP contribution in [0.5, 0.6) is 0 Å². The van der Waals surface area contributed by atoms with Gasteiger partial charge in [0.05, 0.1) is 0 Å². The Bertz CT molecular complexity index is 487. The fraction of sp³-hybridized carbons (Fsp3) is 0.647. The Morgan fingerprint density at radius 3 is 2.60 bits per heavy atom. The highest BCUT2D eigenvalue weighted by atomic mass is 15.3. The Morgan fingerprint density at radius 1 is 1.05 bits per heavy atom. The maximum Gasteiger partial charge on any atom is 0.0355 e. The van der Waals surface area contributed by atoms with E-state index in [0.717, 1.165) is 11.6 Å². The van der Waals surface area contributed by atoms with E-state index in [4.69, 9.17) is 5.73 Å². The first-order valence-corrected chi connectivity index (χ1v) is 8.14. The lowest BCUT2D eigenvalue weighted by atomic mass is 10.1. The Labute approximate surface area is 121 Å². The summed E-state index contributed by atoms with van der Waals surface area (Å²) in [6, 6.07) is 7.16. The molecule has 1 aromatic rings. The second-order valence-corrected chi connectivity index (χ2v) is 6.79. The van der Waals surface area contributed by atoms with E-state index in [-0.39, 0.29) is 0 Å². The molecule has 0 bridgehead atoms. The lowest BCUT2D eigenvalue weighted by molar-refractivity contribution is 0.0932. The first kappa shape index (κ1) is 12.7. The van der Waals surface area contributed by atoms with Crippen molar-refractivity contribution in [3.63, 3.8) is 0 Å². The predicted octanol–water partition coefficient (Wildman–Crippen LogP) is 2.28. The van der Waals surface area contributed by atoms with Crippen LogP contribution in [0.4, 0.5) is 5.69 Å². The number of aryl methyl sites for hydroxylation is 1. The Kier molecular flexibility index (Phi) is 3.20. The highest BCUT2D eigenvalue weighted by Gasteiger charge is 2.31. The monoisotopic (exact) mass is 271 g/mol. The van der Waals surface area contributed by atoms with Gasteiger partial charge in [0.15, 0.2) is 0 Å². The van der Waals surface area contributed by atoms with Gasteiger partial charge in [-0.1, -0.05) is 6.07 Å². The van der Waals surface area contributed by atoms with Crippen LogP contribution in [0.15, 0.2) is 18.2 Å². The third kappa shape index (κ3) is 2.45. The van der Waals surface area contributed by atoms with Crippen molar-refractivity contribution in [2.75, 3.05) is 38.5 Å². The summed E-state index contributed by atoms with van der Waals surface area (Å²) in [6.45, 7) is 6.35. The number of nitrogens with two attached hydrogens (primary N) is 1. The van der Waals surface area contributed by atoms with Gasteiger partial charge in [0.25, 0.3) is 0 Å². The van der Waals surface area contributed by atoms with Crippen molar-refractivity contribution in [2.24, 2.45) is 5.92 Å². The topological polar surface area (TPSA) is 32.5 Å². The van der Waals surface area contributed by atoms with Gasteiger partial charge in [0, 0.05) is 44.5 Å². The van der Waals surface area contributed by atoms with Crippen LogP contribution in [0.2, 0.25) is 0 Å². The number of nitrogens with zero attached hydrogens (tertiary/aromatic N) is 2. The van der Waals surface area contributed by atoms with Crippen LogP contribution >= 0.6 is 0 Å². The van der Waals surface area contributed by atoms with Crippen LogP contribution in [0.3, 0.4) is 0 Å². The van der Waals surface area contributed by atoms with Gasteiger partial charge in [-0.2, -0.15) is 0 Å². The first-order chi connectivity index (χ1) is 9.79. The molecule has 0 radical (unpaired) electrons. The lowest BCUT2D eigenvalue weighted by Gasteiger charge is -2.38. The van der Waals surface area contributed by atoms with E-state index in [9.17, 15) is 0 Å². The Hall–Kier alpha value is -1.06. The summed E-state index contributed by atoms with van der Waals surface area (Å²) in [6.07, 6.45) is 5.42. The maximum absolute atomic E-state index is 5.90. The zero-order valence-corrected chi connectivity index (χ0v) is 12.2. The number of rotatable bonds is 3. The summed E-state index contributed by atoms with van der Waals surface area (Å²) in [5.41, 5.74) is 9.84. The molecule has 3 nitrogen and oxygen atoms in total. The van der Waals surface area contributed by atoms with E-state index in [0.29, 0.717) is 6.04 Å². The second-order valence-electron chi connectivity index (χ2n) is 6.79. The van der Waals surface area contributed by atoms with Crippen LogP contribution in [-0.2, 0) is 6.42 Å². The van der Waals surface area contributed by atoms with E-state index in [1.807, 2.05) is 0 Å². The quantitative estimate of drug-likeness (QED) is 0.856. The Morgan fingerprint density at radius 2 is 1.85 bits per heavy atom. The third-order valence-electron chi connectivity index (χ3n) is 5.27. The highest BCUT2D eigenvalue weighted by molar-refractivity contribution is 5.47. The molecule has 1 heterocycles. The van der Waals surface area contributed by atoms with Crippen LogP contribution in [-0.4, -0.2) is 42.5 Å². The number of anilines is 1. The molecule has 108 valence electrons. The van der Waals surface area contributed by atoms with Crippen molar-refractivity contribution in [3.05, 3.63) is 29.3 Å². The van der Waals surface area contributed by atoms with Crippen molar-refractivity contribution in [1.82, 2.24) is 9.80 Å². The summed E-state index contributed by atoms with van der Waals surface area (Å²) < 4.78 is 0. The Balaban J connectivity index is 1.40. The molecule has 1 aromatic carbocycles. The van der Waals surface area contributed by atoms with Gasteiger partial charge < -0.3 is 10.6 Å². The van der Waals surface area contributed by atoms with E-state index in [1.165, 1.54) is 69.5 Å². The number of piperazine rings is 1. The molecule has 2 N–H and O–H groups in total. The maximum atomic E-state index is 5.90. The fourth-order valence-corrected chi connectivity index (χ4v) is 3.92.